The molecule has 6 N–H and O–H groups in total. The number of aliphatic imine (C=N–C) groups is 2. The highest BCUT2D eigenvalue weighted by Crippen LogP contribution is 2.25. The van der Waals surface area contributed by atoms with Crippen molar-refractivity contribution in [3.8, 4) is 0 Å². The van der Waals surface area contributed by atoms with Gasteiger partial charge in [0.1, 0.15) is 12.6 Å². The Morgan fingerprint density at radius 2 is 2.20 bits per heavy atom. The van der Waals surface area contributed by atoms with E-state index in [1.165, 1.54) is 0 Å². The first kappa shape index (κ1) is 20.1. The Kier molecular flexibility index (Phi) is 5.57. The molecule has 0 saturated carbocycles. The zero-order chi connectivity index (χ0) is 21.3. The number of carbonyl (C=O) groups is 1. The zero-order valence-corrected chi connectivity index (χ0v) is 17.6. The molecule has 0 saturated heterocycles. The smallest absolute Gasteiger partial charge is 0.253 e. The van der Waals surface area contributed by atoms with E-state index < -0.39 is 0 Å². The first-order chi connectivity index (χ1) is 14.5. The first-order valence-corrected chi connectivity index (χ1v) is 10.6. The van der Waals surface area contributed by atoms with Crippen molar-refractivity contribution in [2.24, 2.45) is 27.4 Å². The maximum atomic E-state index is 13.2. The number of nitrogens with two attached hydrogens (primary N) is 2. The van der Waals surface area contributed by atoms with E-state index in [0.717, 1.165) is 47.3 Å². The molecule has 1 aromatic heterocycles. The fourth-order valence-corrected chi connectivity index (χ4v) is 4.24. The van der Waals surface area contributed by atoms with Gasteiger partial charge in [0.25, 0.3) is 5.91 Å². The lowest BCUT2D eigenvalue weighted by molar-refractivity contribution is -0.487. The summed E-state index contributed by atoms with van der Waals surface area (Å²) >= 11 is 0. The average molecular weight is 409 g/mol. The number of hydrogen-bond acceptors (Lipinski definition) is 3. The van der Waals surface area contributed by atoms with Gasteiger partial charge in [0.05, 0.1) is 5.56 Å². The number of amidine groups is 1. The van der Waals surface area contributed by atoms with Crippen LogP contribution < -0.4 is 16.5 Å². The lowest BCUT2D eigenvalue weighted by atomic mass is 9.99. The van der Waals surface area contributed by atoms with Crippen molar-refractivity contribution < 1.29 is 9.79 Å². The average Bonchev–Trinajstić information content (AvgIpc) is 3.32. The molecule has 8 heteroatoms. The summed E-state index contributed by atoms with van der Waals surface area (Å²) < 4.78 is 0. The number of aromatic nitrogens is 1. The molecule has 30 heavy (non-hydrogen) atoms. The molecule has 2 aromatic rings. The van der Waals surface area contributed by atoms with Gasteiger partial charge >= 0.3 is 0 Å². The van der Waals surface area contributed by atoms with E-state index in [-0.39, 0.29) is 29.9 Å². The summed E-state index contributed by atoms with van der Waals surface area (Å²) in [5, 5.41) is 1.14. The summed E-state index contributed by atoms with van der Waals surface area (Å²) in [4.78, 5) is 31.0. The summed E-state index contributed by atoms with van der Waals surface area (Å²) in [5.74, 6) is 1.27. The molecule has 0 radical (unpaired) electrons. The zero-order valence-electron chi connectivity index (χ0n) is 17.6. The number of nitrogens with one attached hydrogen (secondary N) is 2. The number of fused-ring (bicyclic) bond motifs is 2. The number of aromatic amines is 1. The van der Waals surface area contributed by atoms with E-state index in [1.54, 1.807) is 0 Å². The van der Waals surface area contributed by atoms with Gasteiger partial charge in [0, 0.05) is 30.1 Å². The van der Waals surface area contributed by atoms with Crippen molar-refractivity contribution in [1.82, 2.24) is 9.88 Å². The molecular formula is C22H30N7O+. The van der Waals surface area contributed by atoms with Crippen molar-refractivity contribution in [2.45, 2.75) is 45.2 Å². The Hall–Kier alpha value is -3.16. The molecule has 0 fully saturated rings. The molecular weight excluding hydrogens is 378 g/mol. The minimum Gasteiger partial charge on any atom is -0.370 e. The van der Waals surface area contributed by atoms with Crippen LogP contribution in [0.25, 0.3) is 10.9 Å². The summed E-state index contributed by atoms with van der Waals surface area (Å²) in [6.45, 7) is 5.26. The first-order valence-electron chi connectivity index (χ1n) is 10.6. The van der Waals surface area contributed by atoms with Gasteiger partial charge in [-0.2, -0.15) is 0 Å². The highest BCUT2D eigenvalue weighted by atomic mass is 16.2. The second kappa shape index (κ2) is 8.30. The van der Waals surface area contributed by atoms with E-state index in [2.05, 4.69) is 40.9 Å². The fraction of sp³-hybridized carbons (Fsp3) is 0.455. The van der Waals surface area contributed by atoms with Crippen LogP contribution in [-0.4, -0.2) is 58.5 Å². The third-order valence-electron chi connectivity index (χ3n) is 6.09. The van der Waals surface area contributed by atoms with Crippen molar-refractivity contribution in [2.75, 3.05) is 13.1 Å². The maximum absolute atomic E-state index is 13.2. The highest BCUT2D eigenvalue weighted by Gasteiger charge is 2.46. The van der Waals surface area contributed by atoms with E-state index in [1.807, 2.05) is 23.2 Å². The van der Waals surface area contributed by atoms with Gasteiger partial charge in [0.2, 0.25) is 11.8 Å². The van der Waals surface area contributed by atoms with Crippen LogP contribution in [0.2, 0.25) is 0 Å². The van der Waals surface area contributed by atoms with Crippen LogP contribution in [0.5, 0.6) is 0 Å². The molecule has 0 bridgehead atoms. The van der Waals surface area contributed by atoms with E-state index >= 15 is 0 Å². The molecule has 158 valence electrons. The van der Waals surface area contributed by atoms with Crippen molar-refractivity contribution in [1.29, 1.82) is 0 Å². The molecule has 4 rings (SSSR count). The maximum Gasteiger partial charge on any atom is 0.253 e. The van der Waals surface area contributed by atoms with Crippen molar-refractivity contribution in [3.05, 3.63) is 36.0 Å². The number of para-hydroxylation sites is 1. The second-order valence-corrected chi connectivity index (χ2v) is 8.11. The summed E-state index contributed by atoms with van der Waals surface area (Å²) in [6.07, 6.45) is 4.52. The Morgan fingerprint density at radius 3 is 2.97 bits per heavy atom. The molecule has 2 aliphatic heterocycles. The monoisotopic (exact) mass is 408 g/mol. The molecule has 3 unspecified atom stereocenters. The molecule has 1 aromatic carbocycles. The number of H-pyrrole nitrogens is 1. The van der Waals surface area contributed by atoms with Crippen LogP contribution >= 0.6 is 0 Å². The summed E-state index contributed by atoms with van der Waals surface area (Å²) in [7, 11) is 0. The van der Waals surface area contributed by atoms with Crippen LogP contribution in [0.4, 0.5) is 0 Å². The van der Waals surface area contributed by atoms with Gasteiger partial charge in [-0.1, -0.05) is 38.5 Å². The summed E-state index contributed by atoms with van der Waals surface area (Å²) in [6, 6.07) is 7.86. The Morgan fingerprint density at radius 1 is 1.40 bits per heavy atom. The van der Waals surface area contributed by atoms with E-state index in [4.69, 9.17) is 16.5 Å². The predicted molar refractivity (Wildman–Crippen MR) is 119 cm³/mol. The predicted octanol–water partition coefficient (Wildman–Crippen LogP) is 0.129. The number of guanidine groups is 1. The van der Waals surface area contributed by atoms with Crippen LogP contribution in [0.15, 0.2) is 40.4 Å². The van der Waals surface area contributed by atoms with Gasteiger partial charge in [-0.25, -0.2) is 4.99 Å². The number of amides is 1. The van der Waals surface area contributed by atoms with Gasteiger partial charge < -0.3 is 16.5 Å². The van der Waals surface area contributed by atoms with Crippen LogP contribution in [0.1, 0.15) is 38.7 Å². The lowest BCUT2D eigenvalue weighted by Gasteiger charge is -2.25. The second-order valence-electron chi connectivity index (χ2n) is 8.11. The van der Waals surface area contributed by atoms with Crippen LogP contribution in [0, 0.1) is 5.92 Å². The fourth-order valence-electron chi connectivity index (χ4n) is 4.24. The molecule has 3 atom stereocenters. The largest absolute Gasteiger partial charge is 0.370 e. The molecule has 0 spiro atoms. The molecule has 2 aliphatic rings. The van der Waals surface area contributed by atoms with E-state index in [9.17, 15) is 4.79 Å². The molecule has 0 aliphatic carbocycles. The van der Waals surface area contributed by atoms with Crippen LogP contribution in [-0.2, 0) is 4.79 Å². The number of hydrogen-bond donors (Lipinski definition) is 4. The normalized spacial score (nSPS) is 21.9. The standard InChI is InChI=1S/C22H29N7O/c1-3-13(2)19-21(30)29-12-18(15-11-26-16-8-5-4-7-14(15)16)27-17(20(29)28-19)9-6-10-25-22(23)24/h4-5,7-8,11,13,17,19,26H,3,6,9-10,12H2,1-2H3,(H4,23,24,25)/p+1. The number of carbonyl (C=O) groups excluding carboxylic acids is 1. The van der Waals surface area contributed by atoms with Crippen molar-refractivity contribution >= 4 is 34.3 Å². The van der Waals surface area contributed by atoms with Crippen LogP contribution in [0.3, 0.4) is 0 Å². The van der Waals surface area contributed by atoms with Crippen molar-refractivity contribution in [3.63, 3.8) is 0 Å². The molecule has 3 heterocycles. The van der Waals surface area contributed by atoms with Gasteiger partial charge in [-0.05, 0) is 18.4 Å². The topological polar surface area (TPSA) is 127 Å². The Bertz CT molecular complexity index is 1030. The quantitative estimate of drug-likeness (QED) is 0.295. The number of rotatable bonds is 7. The lowest BCUT2D eigenvalue weighted by Crippen LogP contribution is -2.87. The molecule has 8 nitrogen and oxygen atoms in total. The Labute approximate surface area is 176 Å². The highest BCUT2D eigenvalue weighted by molar-refractivity contribution is 6.16. The van der Waals surface area contributed by atoms with Gasteiger partial charge in [-0.15, -0.1) is 0 Å². The third-order valence-corrected chi connectivity index (χ3v) is 6.09. The number of benzene rings is 1. The van der Waals surface area contributed by atoms with E-state index in [0.29, 0.717) is 13.1 Å². The minimum absolute atomic E-state index is 0.0467. The summed E-state index contributed by atoms with van der Waals surface area (Å²) in [5.41, 5.74) is 14.1. The SMILES string of the molecule is CCC(C)C1N=C2C(CCCN=C(N)N)[NH+]=C(c3c[nH]c4ccccc34)CN2C1=O. The minimum atomic E-state index is -0.297. The third kappa shape index (κ3) is 3.69. The molecule has 1 amide bonds. The van der Waals surface area contributed by atoms with Gasteiger partial charge in [0.15, 0.2) is 11.8 Å². The Balaban J connectivity index is 1.66. The number of nitrogens with zero attached hydrogens (tertiary/aromatic N) is 3. The van der Waals surface area contributed by atoms with Gasteiger partial charge in [-0.3, -0.25) is 19.7 Å².